The van der Waals surface area contributed by atoms with Crippen LogP contribution in [-0.4, -0.2) is 38.2 Å². The number of benzene rings is 1. The lowest BCUT2D eigenvalue weighted by molar-refractivity contribution is -0.143. The van der Waals surface area contributed by atoms with Gasteiger partial charge in [0.25, 0.3) is 5.91 Å². The smallest absolute Gasteiger partial charge is 0.325 e. The first-order valence-electron chi connectivity index (χ1n) is 8.02. The number of ether oxygens (including phenoxy) is 3. The maximum atomic E-state index is 11.6. The van der Waals surface area contributed by atoms with Gasteiger partial charge in [0.1, 0.15) is 31.3 Å². The normalized spacial score (nSPS) is 10.1. The molecule has 1 aromatic carbocycles. The minimum atomic E-state index is -0.549. The topological polar surface area (TPSA) is 87.0 Å². The maximum Gasteiger partial charge on any atom is 0.325 e. The average Bonchev–Trinajstić information content (AvgIpc) is 3.17. The van der Waals surface area contributed by atoms with Crippen molar-refractivity contribution in [3.05, 3.63) is 48.4 Å². The van der Waals surface area contributed by atoms with Gasteiger partial charge in [0, 0.05) is 0 Å². The Hall–Kier alpha value is -2.96. The molecule has 1 amide bonds. The van der Waals surface area contributed by atoms with E-state index in [2.05, 4.69) is 5.32 Å². The second kappa shape index (κ2) is 10.0. The summed E-state index contributed by atoms with van der Waals surface area (Å²) in [4.78, 5) is 23.1. The SMILES string of the molecule is CCCOc1ccc(OCCOC(=O)CNC(=O)c2ccco2)cc1. The number of hydrogen-bond donors (Lipinski definition) is 1. The zero-order valence-electron chi connectivity index (χ0n) is 14.0. The van der Waals surface area contributed by atoms with Gasteiger partial charge in [0.2, 0.25) is 0 Å². The van der Waals surface area contributed by atoms with Gasteiger partial charge in [0.05, 0.1) is 12.9 Å². The van der Waals surface area contributed by atoms with Gasteiger partial charge in [-0.1, -0.05) is 6.92 Å². The monoisotopic (exact) mass is 347 g/mol. The number of furan rings is 1. The van der Waals surface area contributed by atoms with Crippen molar-refractivity contribution in [1.82, 2.24) is 5.32 Å². The van der Waals surface area contributed by atoms with Crippen molar-refractivity contribution in [3.8, 4) is 11.5 Å². The minimum absolute atomic E-state index is 0.0868. The Morgan fingerprint density at radius 3 is 2.28 bits per heavy atom. The number of rotatable bonds is 10. The minimum Gasteiger partial charge on any atom is -0.494 e. The molecule has 0 atom stereocenters. The van der Waals surface area contributed by atoms with Crippen LogP contribution < -0.4 is 14.8 Å². The van der Waals surface area contributed by atoms with Crippen molar-refractivity contribution in [1.29, 1.82) is 0 Å². The molecule has 1 aromatic heterocycles. The van der Waals surface area contributed by atoms with Crippen molar-refractivity contribution in [2.45, 2.75) is 13.3 Å². The summed E-state index contributed by atoms with van der Waals surface area (Å²) in [6.45, 7) is 2.79. The molecule has 2 aromatic rings. The second-order valence-electron chi connectivity index (χ2n) is 5.05. The molecule has 7 heteroatoms. The largest absolute Gasteiger partial charge is 0.494 e. The van der Waals surface area contributed by atoms with E-state index < -0.39 is 11.9 Å². The van der Waals surface area contributed by atoms with Crippen molar-refractivity contribution < 1.29 is 28.2 Å². The summed E-state index contributed by atoms with van der Waals surface area (Å²) in [6, 6.07) is 10.3. The van der Waals surface area contributed by atoms with Gasteiger partial charge >= 0.3 is 5.97 Å². The molecule has 0 unspecified atom stereocenters. The number of carbonyl (C=O) groups is 2. The van der Waals surface area contributed by atoms with E-state index in [1.807, 2.05) is 19.1 Å². The lowest BCUT2D eigenvalue weighted by Gasteiger charge is -2.09. The number of nitrogens with one attached hydrogen (secondary N) is 1. The van der Waals surface area contributed by atoms with Crippen LogP contribution >= 0.6 is 0 Å². The summed E-state index contributed by atoms with van der Waals surface area (Å²) in [5, 5.41) is 2.40. The third-order valence-corrected chi connectivity index (χ3v) is 3.05. The van der Waals surface area contributed by atoms with Crippen molar-refractivity contribution >= 4 is 11.9 Å². The van der Waals surface area contributed by atoms with Gasteiger partial charge in [-0.3, -0.25) is 9.59 Å². The van der Waals surface area contributed by atoms with Crippen LogP contribution in [0.15, 0.2) is 47.1 Å². The van der Waals surface area contributed by atoms with Gasteiger partial charge in [-0.25, -0.2) is 0 Å². The molecule has 0 bridgehead atoms. The Balaban J connectivity index is 1.59. The Kier molecular flexibility index (Phi) is 7.37. The molecule has 0 aliphatic heterocycles. The quantitative estimate of drug-likeness (QED) is 0.525. The molecule has 1 heterocycles. The highest BCUT2D eigenvalue weighted by Gasteiger charge is 2.10. The molecule has 0 spiro atoms. The molecule has 1 N–H and O–H groups in total. The Labute approximate surface area is 145 Å². The highest BCUT2D eigenvalue weighted by Crippen LogP contribution is 2.17. The van der Waals surface area contributed by atoms with E-state index in [4.69, 9.17) is 18.6 Å². The Morgan fingerprint density at radius 2 is 1.68 bits per heavy atom. The van der Waals surface area contributed by atoms with E-state index in [0.717, 1.165) is 12.2 Å². The number of amides is 1. The van der Waals surface area contributed by atoms with E-state index in [0.29, 0.717) is 12.4 Å². The lowest BCUT2D eigenvalue weighted by Crippen LogP contribution is -2.31. The summed E-state index contributed by atoms with van der Waals surface area (Å²) < 4.78 is 20.8. The number of esters is 1. The highest BCUT2D eigenvalue weighted by atomic mass is 16.6. The zero-order chi connectivity index (χ0) is 17.9. The third kappa shape index (κ3) is 6.58. The van der Waals surface area contributed by atoms with Crippen LogP contribution in [0, 0.1) is 0 Å². The molecule has 134 valence electrons. The van der Waals surface area contributed by atoms with Crippen molar-refractivity contribution in [2.24, 2.45) is 0 Å². The van der Waals surface area contributed by atoms with Crippen LogP contribution in [-0.2, 0) is 9.53 Å². The summed E-state index contributed by atoms with van der Waals surface area (Å²) >= 11 is 0. The molecule has 2 rings (SSSR count). The summed E-state index contributed by atoms with van der Waals surface area (Å²) in [7, 11) is 0. The van der Waals surface area contributed by atoms with E-state index in [1.54, 1.807) is 18.2 Å². The molecular formula is C18H21NO6. The summed E-state index contributed by atoms with van der Waals surface area (Å²) in [5.74, 6) is 0.567. The predicted octanol–water partition coefficient (Wildman–Crippen LogP) is 2.42. The molecular weight excluding hydrogens is 326 g/mol. The Bertz CT molecular complexity index is 651. The van der Waals surface area contributed by atoms with Crippen molar-refractivity contribution in [3.63, 3.8) is 0 Å². The molecule has 0 saturated carbocycles. The van der Waals surface area contributed by atoms with Crippen LogP contribution in [0.1, 0.15) is 23.9 Å². The molecule has 25 heavy (non-hydrogen) atoms. The van der Waals surface area contributed by atoms with E-state index in [-0.39, 0.29) is 25.5 Å². The van der Waals surface area contributed by atoms with Gasteiger partial charge < -0.3 is 23.9 Å². The van der Waals surface area contributed by atoms with E-state index >= 15 is 0 Å². The molecule has 0 radical (unpaired) electrons. The first-order chi connectivity index (χ1) is 12.2. The van der Waals surface area contributed by atoms with Crippen LogP contribution in [0.4, 0.5) is 0 Å². The van der Waals surface area contributed by atoms with E-state index in [1.165, 1.54) is 12.3 Å². The predicted molar refractivity (Wildman–Crippen MR) is 89.7 cm³/mol. The zero-order valence-corrected chi connectivity index (χ0v) is 14.0. The molecule has 0 aliphatic carbocycles. The fourth-order valence-corrected chi connectivity index (χ4v) is 1.87. The van der Waals surface area contributed by atoms with Crippen LogP contribution in [0.25, 0.3) is 0 Å². The van der Waals surface area contributed by atoms with E-state index in [9.17, 15) is 9.59 Å². The van der Waals surface area contributed by atoms with Crippen molar-refractivity contribution in [2.75, 3.05) is 26.4 Å². The van der Waals surface area contributed by atoms with Crippen LogP contribution in [0.2, 0.25) is 0 Å². The van der Waals surface area contributed by atoms with Gasteiger partial charge in [-0.15, -0.1) is 0 Å². The maximum absolute atomic E-state index is 11.6. The summed E-state index contributed by atoms with van der Waals surface area (Å²) in [6.07, 6.45) is 2.33. The van der Waals surface area contributed by atoms with Crippen LogP contribution in [0.5, 0.6) is 11.5 Å². The van der Waals surface area contributed by atoms with Gasteiger partial charge in [0.15, 0.2) is 5.76 Å². The van der Waals surface area contributed by atoms with Gasteiger partial charge in [-0.2, -0.15) is 0 Å². The molecule has 0 saturated heterocycles. The molecule has 0 aliphatic rings. The fraction of sp³-hybridized carbons (Fsp3) is 0.333. The van der Waals surface area contributed by atoms with Crippen LogP contribution in [0.3, 0.4) is 0 Å². The van der Waals surface area contributed by atoms with Gasteiger partial charge in [-0.05, 0) is 42.8 Å². The molecule has 0 fully saturated rings. The standard InChI is InChI=1S/C18H21NO6/c1-2-9-22-14-5-7-15(8-6-14)23-11-12-25-17(20)13-19-18(21)16-4-3-10-24-16/h3-8,10H,2,9,11-13H2,1H3,(H,19,21). The number of hydrogen-bond acceptors (Lipinski definition) is 6. The average molecular weight is 347 g/mol. The fourth-order valence-electron chi connectivity index (χ4n) is 1.87. The molecule has 7 nitrogen and oxygen atoms in total. The number of carbonyl (C=O) groups excluding carboxylic acids is 2. The third-order valence-electron chi connectivity index (χ3n) is 3.05. The lowest BCUT2D eigenvalue weighted by atomic mass is 10.3. The first-order valence-corrected chi connectivity index (χ1v) is 8.02. The first kappa shape index (κ1) is 18.4. The summed E-state index contributed by atoms with van der Waals surface area (Å²) in [5.41, 5.74) is 0. The Morgan fingerprint density at radius 1 is 1.00 bits per heavy atom. The highest BCUT2D eigenvalue weighted by molar-refractivity contribution is 5.93. The second-order valence-corrected chi connectivity index (χ2v) is 5.05.